The summed E-state index contributed by atoms with van der Waals surface area (Å²) in [5, 5.41) is 13.7. The number of nitrogens with one attached hydrogen (secondary N) is 3. The Bertz CT molecular complexity index is 2110. The number of pyridine rings is 1. The summed E-state index contributed by atoms with van der Waals surface area (Å²) < 4.78 is 51.7. The molecule has 5 aromatic rings. The number of ether oxygens (including phenoxy) is 2. The van der Waals surface area contributed by atoms with E-state index < -0.39 is 28.5 Å². The highest BCUT2D eigenvalue weighted by Crippen LogP contribution is 2.34. The van der Waals surface area contributed by atoms with Crippen molar-refractivity contribution in [3.8, 4) is 17.0 Å². The van der Waals surface area contributed by atoms with Gasteiger partial charge in [0, 0.05) is 53.0 Å². The summed E-state index contributed by atoms with van der Waals surface area (Å²) >= 11 is 5.13. The standard InChI is InChI=1S/C31H35N7O4S2.C6H4F2S/c1-18-5-7-23(8-6-18)44(40)37-27-11-21(22-9-25(33)31(41-4)34-13-22)10-26(24(27)12-32)36-30(39)28-17-43-29(35-28)16-38-14-19(2)42-20(3)15-38;7-4-1-2-6(9)5(8)3-4/h5-13,17,19-20,32,37H,14-16,33H2,1-4H3,(H,36,39);1-3,9H/t19-,20+,44?;. The van der Waals surface area contributed by atoms with Crippen LogP contribution in [0, 0.1) is 24.0 Å². The molecule has 11 nitrogen and oxygen atoms in total. The van der Waals surface area contributed by atoms with Gasteiger partial charge in [-0.05, 0) is 68.8 Å². The van der Waals surface area contributed by atoms with Gasteiger partial charge in [0.1, 0.15) is 33.3 Å². The number of methoxy groups -OCH3 is 1. The van der Waals surface area contributed by atoms with E-state index in [2.05, 4.69) is 37.5 Å². The van der Waals surface area contributed by atoms with Crippen LogP contribution in [0.5, 0.6) is 5.88 Å². The van der Waals surface area contributed by atoms with Crippen molar-refractivity contribution in [3.63, 3.8) is 0 Å². The minimum atomic E-state index is -1.64. The number of nitrogen functional groups attached to an aromatic ring is 1. The van der Waals surface area contributed by atoms with Crippen molar-refractivity contribution >= 4 is 64.1 Å². The summed E-state index contributed by atoms with van der Waals surface area (Å²) in [7, 11) is -0.157. The first-order valence-corrected chi connectivity index (χ1v) is 18.8. The molecule has 0 radical (unpaired) electrons. The largest absolute Gasteiger partial charge is 0.480 e. The summed E-state index contributed by atoms with van der Waals surface area (Å²) in [6.45, 7) is 8.27. The maximum Gasteiger partial charge on any atom is 0.275 e. The number of thiazole rings is 1. The lowest BCUT2D eigenvalue weighted by atomic mass is 10.0. The van der Waals surface area contributed by atoms with Crippen molar-refractivity contribution < 1.29 is 27.3 Å². The molecule has 0 spiro atoms. The highest BCUT2D eigenvalue weighted by molar-refractivity contribution is 7.86. The second-order valence-electron chi connectivity index (χ2n) is 12.3. The minimum Gasteiger partial charge on any atom is -0.480 e. The fourth-order valence-corrected chi connectivity index (χ4v) is 7.37. The summed E-state index contributed by atoms with van der Waals surface area (Å²) in [4.78, 5) is 25.3. The molecule has 2 aromatic heterocycles. The van der Waals surface area contributed by atoms with Crippen molar-refractivity contribution in [2.45, 2.75) is 49.3 Å². The number of thiol groups is 1. The lowest BCUT2D eigenvalue weighted by Gasteiger charge is -2.34. The Hall–Kier alpha value is -4.74. The Morgan fingerprint density at radius 1 is 1.11 bits per heavy atom. The number of hydrogen-bond donors (Lipinski definition) is 5. The minimum absolute atomic E-state index is 0.132. The quantitative estimate of drug-likeness (QED) is 0.0728. The zero-order chi connectivity index (χ0) is 38.2. The molecule has 3 atom stereocenters. The van der Waals surface area contributed by atoms with Crippen LogP contribution in [-0.2, 0) is 22.3 Å². The zero-order valence-electron chi connectivity index (χ0n) is 29.4. The first-order valence-electron chi connectivity index (χ1n) is 16.3. The van der Waals surface area contributed by atoms with Gasteiger partial charge in [0.2, 0.25) is 5.88 Å². The number of aromatic nitrogens is 2. The molecule has 5 N–H and O–H groups in total. The smallest absolute Gasteiger partial charge is 0.275 e. The van der Waals surface area contributed by atoms with E-state index in [1.165, 1.54) is 24.5 Å². The van der Waals surface area contributed by atoms with Gasteiger partial charge in [0.15, 0.2) is 0 Å². The van der Waals surface area contributed by atoms with Gasteiger partial charge < -0.3 is 30.7 Å². The number of hydrogen-bond acceptors (Lipinski definition) is 11. The fourth-order valence-electron chi connectivity index (χ4n) is 5.54. The number of aryl methyl sites for hydroxylation is 1. The number of morpholine rings is 1. The number of halogens is 2. The van der Waals surface area contributed by atoms with Crippen LogP contribution in [0.1, 0.15) is 40.5 Å². The molecule has 1 fully saturated rings. The summed E-state index contributed by atoms with van der Waals surface area (Å²) in [5.74, 6) is -1.34. The lowest BCUT2D eigenvalue weighted by molar-refractivity contribution is -0.0705. The van der Waals surface area contributed by atoms with Crippen molar-refractivity contribution in [1.29, 1.82) is 5.41 Å². The average Bonchev–Trinajstić information content (AvgIpc) is 3.58. The van der Waals surface area contributed by atoms with Crippen LogP contribution in [0.15, 0.2) is 82.0 Å². The number of nitrogens with two attached hydrogens (primary N) is 1. The van der Waals surface area contributed by atoms with E-state index in [9.17, 15) is 17.8 Å². The van der Waals surface area contributed by atoms with Crippen LogP contribution in [0.25, 0.3) is 11.1 Å². The third-order valence-corrected chi connectivity index (χ3v) is 10.3. The molecule has 278 valence electrons. The Morgan fingerprint density at radius 3 is 2.43 bits per heavy atom. The number of nitrogens with zero attached hydrogens (tertiary/aromatic N) is 3. The summed E-state index contributed by atoms with van der Waals surface area (Å²) in [5.41, 5.74) is 10.1. The third kappa shape index (κ3) is 10.4. The van der Waals surface area contributed by atoms with Gasteiger partial charge in [-0.3, -0.25) is 9.69 Å². The monoisotopic (exact) mass is 779 g/mol. The first kappa shape index (κ1) is 39.5. The van der Waals surface area contributed by atoms with Gasteiger partial charge in [0.05, 0.1) is 47.8 Å². The fraction of sp³-hybridized carbons (Fsp3) is 0.243. The maximum absolute atomic E-state index is 13.5. The number of anilines is 3. The number of amides is 1. The molecule has 16 heteroatoms. The molecule has 53 heavy (non-hydrogen) atoms. The SMILES string of the molecule is COc1ncc(-c2cc(NC(=O)c3csc(CN4C[C@@H](C)O[C@@H](C)C4)n3)c(C=N)c(NS(=O)c3ccc(C)cc3)c2)cc1N.Fc1ccc(S)c(F)c1. The number of carbonyl (C=O) groups excluding carboxylic acids is 1. The van der Waals surface area contributed by atoms with Crippen LogP contribution < -0.4 is 20.5 Å². The van der Waals surface area contributed by atoms with Gasteiger partial charge in [-0.2, -0.15) is 0 Å². The molecule has 3 heterocycles. The van der Waals surface area contributed by atoms with Gasteiger partial charge in [0.25, 0.3) is 5.91 Å². The van der Waals surface area contributed by atoms with Crippen LogP contribution in [0.4, 0.5) is 25.8 Å². The number of benzene rings is 3. The van der Waals surface area contributed by atoms with Gasteiger partial charge in [-0.1, -0.05) is 17.7 Å². The highest BCUT2D eigenvalue weighted by atomic mass is 32.2. The van der Waals surface area contributed by atoms with Gasteiger partial charge in [-0.25, -0.2) is 23.0 Å². The van der Waals surface area contributed by atoms with Gasteiger partial charge in [-0.15, -0.1) is 24.0 Å². The van der Waals surface area contributed by atoms with Crippen molar-refractivity contribution in [2.75, 3.05) is 36.0 Å². The molecule has 1 saturated heterocycles. The first-order chi connectivity index (χ1) is 25.3. The molecule has 6 rings (SSSR count). The molecule has 1 aliphatic heterocycles. The molecule has 0 aliphatic carbocycles. The average molecular weight is 780 g/mol. The van der Waals surface area contributed by atoms with Crippen LogP contribution in [-0.4, -0.2) is 63.6 Å². The van der Waals surface area contributed by atoms with Crippen LogP contribution in [0.2, 0.25) is 0 Å². The molecule has 0 saturated carbocycles. The predicted molar refractivity (Wildman–Crippen MR) is 209 cm³/mol. The van der Waals surface area contributed by atoms with E-state index in [0.717, 1.165) is 42.0 Å². The maximum atomic E-state index is 13.5. The Labute approximate surface area is 318 Å². The second kappa shape index (κ2) is 17.9. The Kier molecular flexibility index (Phi) is 13.3. The third-order valence-electron chi connectivity index (χ3n) is 7.96. The van der Waals surface area contributed by atoms with E-state index in [0.29, 0.717) is 45.2 Å². The topological polar surface area (TPSA) is 156 Å². The number of rotatable bonds is 10. The predicted octanol–water partition coefficient (Wildman–Crippen LogP) is 7.35. The van der Waals surface area contributed by atoms with E-state index in [4.69, 9.17) is 20.6 Å². The van der Waals surface area contributed by atoms with Crippen molar-refractivity contribution in [1.82, 2.24) is 14.9 Å². The van der Waals surface area contributed by atoms with E-state index in [-0.39, 0.29) is 28.7 Å². The second-order valence-corrected chi connectivity index (χ2v) is 14.9. The number of carbonyl (C=O) groups is 1. The molecule has 0 bridgehead atoms. The molecular formula is C37H39F2N7O4S3. The Balaban J connectivity index is 0.000000526. The molecular weight excluding hydrogens is 741 g/mol. The highest BCUT2D eigenvalue weighted by Gasteiger charge is 2.24. The molecule has 1 amide bonds. The van der Waals surface area contributed by atoms with Crippen molar-refractivity contribution in [3.05, 3.63) is 106 Å². The van der Waals surface area contributed by atoms with Crippen molar-refractivity contribution in [2.24, 2.45) is 0 Å². The van der Waals surface area contributed by atoms with Gasteiger partial charge >= 0.3 is 0 Å². The lowest BCUT2D eigenvalue weighted by Crippen LogP contribution is -2.44. The van der Waals surface area contributed by atoms with Crippen LogP contribution in [0.3, 0.4) is 0 Å². The molecule has 1 unspecified atom stereocenters. The normalized spacial score (nSPS) is 16.2. The molecule has 3 aromatic carbocycles. The Morgan fingerprint density at radius 2 is 1.81 bits per heavy atom. The van der Waals surface area contributed by atoms with E-state index >= 15 is 0 Å². The molecule has 1 aliphatic rings. The van der Waals surface area contributed by atoms with Crippen LogP contribution >= 0.6 is 24.0 Å². The summed E-state index contributed by atoms with van der Waals surface area (Å²) in [6, 6.07) is 15.7. The summed E-state index contributed by atoms with van der Waals surface area (Å²) in [6.07, 6.45) is 2.98. The van der Waals surface area contributed by atoms with E-state index in [1.807, 2.05) is 32.9 Å². The van der Waals surface area contributed by atoms with E-state index in [1.54, 1.807) is 41.9 Å². The zero-order valence-corrected chi connectivity index (χ0v) is 31.9.